The van der Waals surface area contributed by atoms with Gasteiger partial charge in [-0.3, -0.25) is 0 Å². The Kier molecular flexibility index (Phi) is 3.78. The molecular formula is C18H23N7. The second-order valence-electron chi connectivity index (χ2n) is 6.41. The van der Waals surface area contributed by atoms with Gasteiger partial charge in [0.25, 0.3) is 0 Å². The van der Waals surface area contributed by atoms with Gasteiger partial charge < -0.3 is 5.32 Å². The Hall–Kier alpha value is -2.70. The van der Waals surface area contributed by atoms with E-state index in [1.165, 1.54) is 0 Å². The lowest BCUT2D eigenvalue weighted by Gasteiger charge is -2.13. The molecule has 0 bridgehead atoms. The van der Waals surface area contributed by atoms with Crippen LogP contribution in [0.25, 0.3) is 27.6 Å². The fourth-order valence-corrected chi connectivity index (χ4v) is 3.33. The van der Waals surface area contributed by atoms with Crippen LogP contribution in [0.3, 0.4) is 0 Å². The van der Waals surface area contributed by atoms with E-state index < -0.39 is 0 Å². The van der Waals surface area contributed by atoms with Crippen molar-refractivity contribution in [3.8, 4) is 0 Å². The van der Waals surface area contributed by atoms with Crippen molar-refractivity contribution in [2.75, 3.05) is 11.9 Å². The molecular weight excluding hydrogens is 314 g/mol. The third kappa shape index (κ3) is 2.42. The molecule has 4 rings (SSSR count). The summed E-state index contributed by atoms with van der Waals surface area (Å²) in [5.74, 6) is 0.881. The Morgan fingerprint density at radius 2 is 2.00 bits per heavy atom. The molecule has 0 aromatic carbocycles. The van der Waals surface area contributed by atoms with Crippen LogP contribution < -0.4 is 5.32 Å². The van der Waals surface area contributed by atoms with E-state index in [0.29, 0.717) is 0 Å². The monoisotopic (exact) mass is 337 g/mol. The number of nitrogens with zero attached hydrogens (tertiary/aromatic N) is 6. The van der Waals surface area contributed by atoms with Gasteiger partial charge in [-0.1, -0.05) is 13.3 Å². The number of rotatable bonds is 5. The van der Waals surface area contributed by atoms with E-state index >= 15 is 0 Å². The smallest absolute Gasteiger partial charge is 0.160 e. The van der Waals surface area contributed by atoms with Gasteiger partial charge in [0.05, 0.1) is 33.9 Å². The van der Waals surface area contributed by atoms with Gasteiger partial charge in [-0.15, -0.1) is 0 Å². The largest absolute Gasteiger partial charge is 0.369 e. The molecule has 4 heterocycles. The lowest BCUT2D eigenvalue weighted by atomic mass is 10.1. The number of fused-ring (bicyclic) bond motifs is 5. The average molecular weight is 337 g/mol. The summed E-state index contributed by atoms with van der Waals surface area (Å²) in [5.41, 5.74) is 4.66. The maximum absolute atomic E-state index is 4.82. The van der Waals surface area contributed by atoms with Crippen molar-refractivity contribution in [1.29, 1.82) is 0 Å². The summed E-state index contributed by atoms with van der Waals surface area (Å²) in [6.07, 6.45) is 4.14. The van der Waals surface area contributed by atoms with E-state index in [0.717, 1.165) is 70.7 Å². The fourth-order valence-electron chi connectivity index (χ4n) is 3.33. The van der Waals surface area contributed by atoms with Crippen molar-refractivity contribution in [3.63, 3.8) is 0 Å². The van der Waals surface area contributed by atoms with Gasteiger partial charge in [0.15, 0.2) is 11.3 Å². The van der Waals surface area contributed by atoms with E-state index in [9.17, 15) is 0 Å². The zero-order valence-electron chi connectivity index (χ0n) is 15.2. The maximum atomic E-state index is 4.82. The predicted octanol–water partition coefficient (Wildman–Crippen LogP) is 3.48. The molecule has 0 aliphatic heterocycles. The molecule has 0 saturated heterocycles. The molecule has 0 aliphatic rings. The predicted molar refractivity (Wildman–Crippen MR) is 100 cm³/mol. The third-order valence-corrected chi connectivity index (χ3v) is 4.55. The Bertz CT molecular complexity index is 1070. The molecule has 7 heteroatoms. The summed E-state index contributed by atoms with van der Waals surface area (Å²) in [7, 11) is 0. The Morgan fingerprint density at radius 1 is 1.16 bits per heavy atom. The van der Waals surface area contributed by atoms with Crippen LogP contribution in [-0.2, 0) is 6.54 Å². The van der Waals surface area contributed by atoms with Gasteiger partial charge in [-0.25, -0.2) is 19.2 Å². The normalized spacial score (nSPS) is 11.8. The molecule has 0 radical (unpaired) electrons. The molecule has 130 valence electrons. The number of aromatic nitrogens is 6. The molecule has 0 aliphatic carbocycles. The summed E-state index contributed by atoms with van der Waals surface area (Å²) in [5, 5.41) is 14.7. The number of aryl methyl sites for hydroxylation is 3. The maximum Gasteiger partial charge on any atom is 0.160 e. The molecule has 25 heavy (non-hydrogen) atoms. The average Bonchev–Trinajstić information content (AvgIpc) is 3.16. The topological polar surface area (TPSA) is 72.9 Å². The highest BCUT2D eigenvalue weighted by atomic mass is 15.3. The van der Waals surface area contributed by atoms with Crippen LogP contribution in [0.5, 0.6) is 0 Å². The minimum atomic E-state index is 0.787. The number of hydrogen-bond acceptors (Lipinski definition) is 5. The lowest BCUT2D eigenvalue weighted by Crippen LogP contribution is -2.08. The third-order valence-electron chi connectivity index (χ3n) is 4.55. The molecule has 1 N–H and O–H groups in total. The van der Waals surface area contributed by atoms with Crippen molar-refractivity contribution in [1.82, 2.24) is 29.4 Å². The molecule has 4 aromatic rings. The van der Waals surface area contributed by atoms with Gasteiger partial charge in [0, 0.05) is 19.2 Å². The van der Waals surface area contributed by atoms with Crippen LogP contribution in [-0.4, -0.2) is 35.9 Å². The molecule has 7 nitrogen and oxygen atoms in total. The number of nitrogens with one attached hydrogen (secondary N) is 1. The molecule has 0 spiro atoms. The fraction of sp³-hybridized carbons (Fsp3) is 0.444. The van der Waals surface area contributed by atoms with Crippen LogP contribution >= 0.6 is 0 Å². The summed E-state index contributed by atoms with van der Waals surface area (Å²) >= 11 is 0. The van der Waals surface area contributed by atoms with Gasteiger partial charge in [0.1, 0.15) is 5.82 Å². The van der Waals surface area contributed by atoms with E-state index in [4.69, 9.17) is 9.97 Å². The molecule has 0 unspecified atom stereocenters. The zero-order chi connectivity index (χ0) is 17.6. The number of unbranched alkanes of at least 4 members (excludes halogenated alkanes) is 1. The first-order valence-corrected chi connectivity index (χ1v) is 8.90. The summed E-state index contributed by atoms with van der Waals surface area (Å²) in [6, 6.07) is 2.01. The first-order valence-electron chi connectivity index (χ1n) is 8.90. The van der Waals surface area contributed by atoms with E-state index in [1.54, 1.807) is 0 Å². The quantitative estimate of drug-likeness (QED) is 0.565. The van der Waals surface area contributed by atoms with Crippen molar-refractivity contribution in [3.05, 3.63) is 23.7 Å². The SMILES string of the molecule is CCCCNc1nc2cc(C)nn2c2c1c(C)nc1c2cnn1CC. The van der Waals surface area contributed by atoms with E-state index in [2.05, 4.69) is 29.4 Å². The molecule has 0 saturated carbocycles. The Labute approximate surface area is 146 Å². The zero-order valence-corrected chi connectivity index (χ0v) is 15.2. The van der Waals surface area contributed by atoms with Crippen LogP contribution in [0.1, 0.15) is 38.1 Å². The van der Waals surface area contributed by atoms with Crippen LogP contribution in [0.2, 0.25) is 0 Å². The lowest BCUT2D eigenvalue weighted by molar-refractivity contribution is 0.676. The van der Waals surface area contributed by atoms with Gasteiger partial charge in [-0.2, -0.15) is 10.2 Å². The summed E-state index contributed by atoms with van der Waals surface area (Å²) in [4.78, 5) is 9.63. The first-order chi connectivity index (χ1) is 12.1. The minimum absolute atomic E-state index is 0.787. The van der Waals surface area contributed by atoms with Crippen LogP contribution in [0, 0.1) is 13.8 Å². The van der Waals surface area contributed by atoms with Gasteiger partial charge >= 0.3 is 0 Å². The second-order valence-corrected chi connectivity index (χ2v) is 6.41. The molecule has 0 fully saturated rings. The van der Waals surface area contributed by atoms with Crippen LogP contribution in [0.4, 0.5) is 5.82 Å². The van der Waals surface area contributed by atoms with Crippen LogP contribution in [0.15, 0.2) is 12.3 Å². The summed E-state index contributed by atoms with van der Waals surface area (Å²) < 4.78 is 3.85. The highest BCUT2D eigenvalue weighted by Crippen LogP contribution is 2.31. The van der Waals surface area contributed by atoms with Gasteiger partial charge in [0.2, 0.25) is 0 Å². The number of pyridine rings is 1. The molecule has 0 atom stereocenters. The standard InChI is InChI=1S/C18H23N7/c1-5-7-8-19-17-15-12(4)21-18-13(10-20-24(18)6-2)16(15)25-14(22-17)9-11(3)23-25/h9-10H,5-8H2,1-4H3,(H,19,22). The van der Waals surface area contributed by atoms with Crippen molar-refractivity contribution >= 4 is 33.4 Å². The molecule has 0 amide bonds. The van der Waals surface area contributed by atoms with Crippen molar-refractivity contribution in [2.24, 2.45) is 0 Å². The second kappa shape index (κ2) is 5.98. The van der Waals surface area contributed by atoms with E-state index in [1.807, 2.05) is 35.3 Å². The van der Waals surface area contributed by atoms with Gasteiger partial charge in [-0.05, 0) is 27.2 Å². The molecule has 4 aromatic heterocycles. The highest BCUT2D eigenvalue weighted by molar-refractivity contribution is 6.08. The Balaban J connectivity index is 2.11. The highest BCUT2D eigenvalue weighted by Gasteiger charge is 2.18. The number of anilines is 1. The first kappa shape index (κ1) is 15.8. The van der Waals surface area contributed by atoms with Crippen molar-refractivity contribution in [2.45, 2.75) is 47.1 Å². The summed E-state index contributed by atoms with van der Waals surface area (Å²) in [6.45, 7) is 9.97. The van der Waals surface area contributed by atoms with Crippen molar-refractivity contribution < 1.29 is 0 Å². The Morgan fingerprint density at radius 3 is 2.76 bits per heavy atom. The number of hydrogen-bond donors (Lipinski definition) is 1. The van der Waals surface area contributed by atoms with E-state index in [-0.39, 0.29) is 0 Å². The minimum Gasteiger partial charge on any atom is -0.369 e.